The summed E-state index contributed by atoms with van der Waals surface area (Å²) in [5.74, 6) is 0.416. The van der Waals surface area contributed by atoms with Gasteiger partial charge in [0.25, 0.3) is 0 Å². The molecule has 0 saturated carbocycles. The Bertz CT molecular complexity index is 472. The Morgan fingerprint density at radius 3 is 2.57 bits per heavy atom. The summed E-state index contributed by atoms with van der Waals surface area (Å²) in [4.78, 5) is 8.00. The maximum absolute atomic E-state index is 5.68. The van der Waals surface area contributed by atoms with E-state index in [-0.39, 0.29) is 0 Å². The van der Waals surface area contributed by atoms with Crippen molar-refractivity contribution in [2.24, 2.45) is 0 Å². The molecule has 2 rings (SSSR count). The Kier molecular flexibility index (Phi) is 1.85. The first-order valence-electron chi connectivity index (χ1n) is 4.49. The molecule has 0 amide bonds. The third-order valence-corrected chi connectivity index (χ3v) is 3.80. The van der Waals surface area contributed by atoms with Crippen molar-refractivity contribution in [2.45, 2.75) is 19.6 Å². The van der Waals surface area contributed by atoms with E-state index < -0.39 is 8.07 Å². The first-order valence-corrected chi connectivity index (χ1v) is 7.99. The number of fused-ring (bicyclic) bond motifs is 1. The Balaban J connectivity index is 2.69. The second-order valence-corrected chi connectivity index (χ2v) is 9.33. The van der Waals surface area contributed by atoms with Gasteiger partial charge in [-0.25, -0.2) is 9.97 Å². The van der Waals surface area contributed by atoms with E-state index in [1.807, 2.05) is 6.07 Å². The second-order valence-electron chi connectivity index (χ2n) is 4.33. The summed E-state index contributed by atoms with van der Waals surface area (Å²) in [6, 6.07) is 1.97. The van der Waals surface area contributed by atoms with Gasteiger partial charge in [-0.2, -0.15) is 0 Å². The molecule has 0 unspecified atom stereocenters. The monoisotopic (exact) mass is 207 g/mol. The van der Waals surface area contributed by atoms with Gasteiger partial charge in [0.2, 0.25) is 0 Å². The molecule has 0 saturated heterocycles. The van der Waals surface area contributed by atoms with E-state index in [0.717, 1.165) is 10.9 Å². The molecule has 0 fully saturated rings. The van der Waals surface area contributed by atoms with Crippen LogP contribution in [0.3, 0.4) is 0 Å². The average molecular weight is 207 g/mol. The van der Waals surface area contributed by atoms with Crippen LogP contribution in [0.25, 0.3) is 11.1 Å². The molecule has 74 valence electrons. The molecular weight excluding hydrogens is 194 g/mol. The smallest absolute Gasteiger partial charge is 0.194 e. The van der Waals surface area contributed by atoms with Gasteiger partial charge in [0, 0.05) is 6.07 Å². The largest absolute Gasteiger partial charge is 0.461 e. The van der Waals surface area contributed by atoms with Crippen LogP contribution >= 0.6 is 0 Å². The fourth-order valence-electron chi connectivity index (χ4n) is 1.24. The predicted octanol–water partition coefficient (Wildman–Crippen LogP) is 1.35. The van der Waals surface area contributed by atoms with Gasteiger partial charge in [0.15, 0.2) is 11.4 Å². The number of nitrogens with two attached hydrogens (primary N) is 1. The molecule has 0 aliphatic heterocycles. The second kappa shape index (κ2) is 2.81. The van der Waals surface area contributed by atoms with Crippen LogP contribution in [0.15, 0.2) is 16.8 Å². The molecule has 0 bridgehead atoms. The van der Waals surface area contributed by atoms with Crippen LogP contribution in [0.1, 0.15) is 0 Å². The molecule has 4 nitrogen and oxygen atoms in total. The molecule has 0 atom stereocenters. The van der Waals surface area contributed by atoms with E-state index in [2.05, 4.69) is 29.6 Å². The molecule has 0 aliphatic rings. The maximum atomic E-state index is 5.68. The summed E-state index contributed by atoms with van der Waals surface area (Å²) in [6.45, 7) is 6.65. The van der Waals surface area contributed by atoms with E-state index in [0.29, 0.717) is 11.4 Å². The molecular formula is C9H13N3OSi. The Morgan fingerprint density at radius 2 is 2.00 bits per heavy atom. The summed E-state index contributed by atoms with van der Waals surface area (Å²) >= 11 is 0. The molecule has 0 radical (unpaired) electrons. The highest BCUT2D eigenvalue weighted by Gasteiger charge is 2.22. The minimum Gasteiger partial charge on any atom is -0.461 e. The predicted molar refractivity (Wildman–Crippen MR) is 59.2 cm³/mol. The maximum Gasteiger partial charge on any atom is 0.194 e. The fraction of sp³-hybridized carbons (Fsp3) is 0.333. The highest BCUT2D eigenvalue weighted by molar-refractivity contribution is 6.87. The lowest BCUT2D eigenvalue weighted by Gasteiger charge is -2.10. The summed E-state index contributed by atoms with van der Waals surface area (Å²) < 4.78 is 5.67. The van der Waals surface area contributed by atoms with Gasteiger partial charge in [0.05, 0.1) is 5.38 Å². The highest BCUT2D eigenvalue weighted by atomic mass is 28.3. The van der Waals surface area contributed by atoms with Crippen molar-refractivity contribution in [3.05, 3.63) is 12.4 Å². The summed E-state index contributed by atoms with van der Waals surface area (Å²) in [6.07, 6.45) is 1.46. The number of hydrogen-bond donors (Lipinski definition) is 1. The molecule has 2 aromatic rings. The average Bonchev–Trinajstić information content (AvgIpc) is 2.48. The molecule has 14 heavy (non-hydrogen) atoms. The Labute approximate surface area is 83.2 Å². The van der Waals surface area contributed by atoms with Crippen molar-refractivity contribution in [3.63, 3.8) is 0 Å². The number of nitrogens with zero attached hydrogens (tertiary/aromatic N) is 2. The van der Waals surface area contributed by atoms with Gasteiger partial charge in [-0.15, -0.1) is 0 Å². The van der Waals surface area contributed by atoms with Crippen LogP contribution in [0.5, 0.6) is 0 Å². The zero-order chi connectivity index (χ0) is 10.3. The lowest BCUT2D eigenvalue weighted by atomic mass is 10.4. The van der Waals surface area contributed by atoms with E-state index in [9.17, 15) is 0 Å². The van der Waals surface area contributed by atoms with Gasteiger partial charge in [-0.1, -0.05) is 19.6 Å². The minimum atomic E-state index is -1.43. The quantitative estimate of drug-likeness (QED) is 0.717. The molecule has 2 N–H and O–H groups in total. The van der Waals surface area contributed by atoms with Crippen molar-refractivity contribution in [1.29, 1.82) is 0 Å². The molecule has 2 heterocycles. The van der Waals surface area contributed by atoms with E-state index in [1.54, 1.807) is 0 Å². The van der Waals surface area contributed by atoms with Crippen LogP contribution in [0.2, 0.25) is 19.6 Å². The number of rotatable bonds is 1. The number of nitrogen functional groups attached to an aromatic ring is 1. The Morgan fingerprint density at radius 1 is 1.29 bits per heavy atom. The zero-order valence-electron chi connectivity index (χ0n) is 8.53. The van der Waals surface area contributed by atoms with Crippen LogP contribution in [-0.4, -0.2) is 18.0 Å². The molecule has 5 heteroatoms. The molecule has 0 aromatic carbocycles. The standard InChI is InChI=1S/C9H13N3OSi/c1-14(2,3)7-4-6-8(13-7)9(10)12-5-11-6/h4-5H,1-3H3,(H2,10,11,12). The Hall–Kier alpha value is -1.36. The van der Waals surface area contributed by atoms with Gasteiger partial charge in [0.1, 0.15) is 19.9 Å². The van der Waals surface area contributed by atoms with Crippen LogP contribution in [0, 0.1) is 0 Å². The van der Waals surface area contributed by atoms with Gasteiger partial charge >= 0.3 is 0 Å². The van der Waals surface area contributed by atoms with Gasteiger partial charge in [-0.3, -0.25) is 0 Å². The summed E-state index contributed by atoms with van der Waals surface area (Å²) in [5.41, 5.74) is 7.10. The number of anilines is 1. The topological polar surface area (TPSA) is 64.9 Å². The molecule has 0 spiro atoms. The van der Waals surface area contributed by atoms with Gasteiger partial charge < -0.3 is 10.2 Å². The van der Waals surface area contributed by atoms with Crippen LogP contribution in [-0.2, 0) is 0 Å². The van der Waals surface area contributed by atoms with Crippen molar-refractivity contribution in [1.82, 2.24) is 9.97 Å². The third-order valence-electron chi connectivity index (χ3n) is 2.08. The summed E-state index contributed by atoms with van der Waals surface area (Å²) in [5, 5.41) is 1.01. The third kappa shape index (κ3) is 1.39. The first kappa shape index (κ1) is 9.20. The van der Waals surface area contributed by atoms with E-state index >= 15 is 0 Å². The van der Waals surface area contributed by atoms with Crippen molar-refractivity contribution < 1.29 is 4.42 Å². The van der Waals surface area contributed by atoms with Crippen LogP contribution < -0.4 is 11.1 Å². The minimum absolute atomic E-state index is 0.416. The lowest BCUT2D eigenvalue weighted by molar-refractivity contribution is 0.647. The van der Waals surface area contributed by atoms with E-state index in [1.165, 1.54) is 6.33 Å². The SMILES string of the molecule is C[Si](C)(C)c1cc2ncnc(N)c2o1. The van der Waals surface area contributed by atoms with Crippen LogP contribution in [0.4, 0.5) is 5.82 Å². The first-order chi connectivity index (χ1) is 6.48. The molecule has 2 aromatic heterocycles. The zero-order valence-corrected chi connectivity index (χ0v) is 9.53. The number of aromatic nitrogens is 2. The fourth-order valence-corrected chi connectivity index (χ4v) is 2.22. The van der Waals surface area contributed by atoms with E-state index in [4.69, 9.17) is 10.2 Å². The van der Waals surface area contributed by atoms with Crippen molar-refractivity contribution in [3.8, 4) is 0 Å². The number of hydrogen-bond acceptors (Lipinski definition) is 4. The normalized spacial score (nSPS) is 12.2. The highest BCUT2D eigenvalue weighted by Crippen LogP contribution is 2.18. The number of furan rings is 1. The van der Waals surface area contributed by atoms with Crippen molar-refractivity contribution >= 4 is 30.4 Å². The summed E-state index contributed by atoms with van der Waals surface area (Å²) in [7, 11) is -1.43. The van der Waals surface area contributed by atoms with Crippen molar-refractivity contribution in [2.75, 3.05) is 5.73 Å². The molecule has 0 aliphatic carbocycles. The van der Waals surface area contributed by atoms with Gasteiger partial charge in [-0.05, 0) is 0 Å². The lowest BCUT2D eigenvalue weighted by Crippen LogP contribution is -2.36.